The fraction of sp³-hybridized carbons (Fsp3) is 0.500. The van der Waals surface area contributed by atoms with Crippen molar-refractivity contribution < 1.29 is 9.13 Å². The standard InChI is InChI=1S/C16H20ClFN2O/c1-9(2)15-12(13-5-6-19-16(17)20-13)7-11(18)8-14(15)21-10(3)4/h5-10,14-15H,1-4H3. The number of allylic oxidation sites excluding steroid dienone is 2. The van der Waals surface area contributed by atoms with Gasteiger partial charge in [0, 0.05) is 12.1 Å². The van der Waals surface area contributed by atoms with Gasteiger partial charge in [0.15, 0.2) is 0 Å². The summed E-state index contributed by atoms with van der Waals surface area (Å²) in [5.74, 6) is -0.00163. The van der Waals surface area contributed by atoms with Crippen molar-refractivity contribution in [3.05, 3.63) is 41.2 Å². The van der Waals surface area contributed by atoms with Crippen molar-refractivity contribution in [1.82, 2.24) is 9.97 Å². The van der Waals surface area contributed by atoms with Crippen LogP contribution in [-0.4, -0.2) is 22.2 Å². The first-order valence-corrected chi connectivity index (χ1v) is 7.49. The predicted octanol–water partition coefficient (Wildman–Crippen LogP) is 4.45. The molecule has 1 aromatic heterocycles. The number of hydrogen-bond donors (Lipinski definition) is 0. The molecule has 114 valence electrons. The van der Waals surface area contributed by atoms with E-state index in [0.717, 1.165) is 5.57 Å². The van der Waals surface area contributed by atoms with Gasteiger partial charge in [-0.25, -0.2) is 14.4 Å². The van der Waals surface area contributed by atoms with E-state index in [-0.39, 0.29) is 35.2 Å². The largest absolute Gasteiger partial charge is 0.371 e. The van der Waals surface area contributed by atoms with Crippen LogP contribution < -0.4 is 0 Å². The van der Waals surface area contributed by atoms with Gasteiger partial charge in [0.05, 0.1) is 17.9 Å². The average molecular weight is 311 g/mol. The molecule has 3 nitrogen and oxygen atoms in total. The summed E-state index contributed by atoms with van der Waals surface area (Å²) in [4.78, 5) is 8.09. The molecule has 0 saturated carbocycles. The van der Waals surface area contributed by atoms with E-state index in [1.165, 1.54) is 12.2 Å². The minimum atomic E-state index is -0.307. The van der Waals surface area contributed by atoms with E-state index in [4.69, 9.17) is 16.3 Å². The van der Waals surface area contributed by atoms with Crippen molar-refractivity contribution in [3.63, 3.8) is 0 Å². The molecule has 0 radical (unpaired) electrons. The zero-order valence-electron chi connectivity index (χ0n) is 12.7. The SMILES string of the molecule is CC(C)OC1C=C(F)C=C(c2ccnc(Cl)n2)C1C(C)C. The Balaban J connectivity index is 2.43. The summed E-state index contributed by atoms with van der Waals surface area (Å²) in [5.41, 5.74) is 1.45. The second-order valence-corrected chi connectivity index (χ2v) is 6.12. The number of aromatic nitrogens is 2. The highest BCUT2D eigenvalue weighted by Crippen LogP contribution is 2.38. The zero-order valence-corrected chi connectivity index (χ0v) is 13.4. The summed E-state index contributed by atoms with van der Waals surface area (Å²) in [6.45, 7) is 8.08. The lowest BCUT2D eigenvalue weighted by atomic mass is 9.79. The fourth-order valence-electron chi connectivity index (χ4n) is 2.65. The molecule has 2 atom stereocenters. The number of rotatable bonds is 4. The quantitative estimate of drug-likeness (QED) is 0.771. The van der Waals surface area contributed by atoms with E-state index in [1.807, 2.05) is 13.8 Å². The van der Waals surface area contributed by atoms with Gasteiger partial charge in [-0.3, -0.25) is 0 Å². The van der Waals surface area contributed by atoms with Crippen LogP contribution in [-0.2, 0) is 4.74 Å². The molecule has 5 heteroatoms. The summed E-state index contributed by atoms with van der Waals surface area (Å²) >= 11 is 5.86. The van der Waals surface area contributed by atoms with Crippen molar-refractivity contribution in [2.45, 2.75) is 39.9 Å². The highest BCUT2D eigenvalue weighted by Gasteiger charge is 2.33. The molecule has 21 heavy (non-hydrogen) atoms. The normalized spacial score (nSPS) is 22.5. The molecule has 1 heterocycles. The van der Waals surface area contributed by atoms with Crippen molar-refractivity contribution in [3.8, 4) is 0 Å². The van der Waals surface area contributed by atoms with E-state index in [9.17, 15) is 4.39 Å². The Morgan fingerprint density at radius 3 is 2.57 bits per heavy atom. The number of hydrogen-bond acceptors (Lipinski definition) is 3. The van der Waals surface area contributed by atoms with Crippen LogP contribution in [0.4, 0.5) is 4.39 Å². The predicted molar refractivity (Wildman–Crippen MR) is 82.5 cm³/mol. The van der Waals surface area contributed by atoms with Gasteiger partial charge < -0.3 is 4.74 Å². The van der Waals surface area contributed by atoms with E-state index >= 15 is 0 Å². The first kappa shape index (κ1) is 16.1. The number of halogens is 2. The fourth-order valence-corrected chi connectivity index (χ4v) is 2.79. The third kappa shape index (κ3) is 3.89. The van der Waals surface area contributed by atoms with E-state index in [2.05, 4.69) is 23.8 Å². The Kier molecular flexibility index (Phi) is 5.12. The van der Waals surface area contributed by atoms with Gasteiger partial charge in [0.1, 0.15) is 5.83 Å². The average Bonchev–Trinajstić information content (AvgIpc) is 2.36. The number of ether oxygens (including phenoxy) is 1. The van der Waals surface area contributed by atoms with Gasteiger partial charge in [-0.15, -0.1) is 0 Å². The zero-order chi connectivity index (χ0) is 15.6. The Bertz CT molecular complexity index is 569. The molecule has 0 N–H and O–H groups in total. The molecule has 0 bridgehead atoms. The van der Waals surface area contributed by atoms with Crippen LogP contribution in [0.15, 0.2) is 30.2 Å². The molecule has 0 spiro atoms. The highest BCUT2D eigenvalue weighted by molar-refractivity contribution is 6.28. The van der Waals surface area contributed by atoms with Crippen molar-refractivity contribution in [2.24, 2.45) is 11.8 Å². The molecular formula is C16H20ClFN2O. The van der Waals surface area contributed by atoms with Gasteiger partial charge in [-0.05, 0) is 55.2 Å². The number of nitrogens with zero attached hydrogens (tertiary/aromatic N) is 2. The molecular weight excluding hydrogens is 291 g/mol. The molecule has 1 aliphatic carbocycles. The first-order valence-electron chi connectivity index (χ1n) is 7.11. The maximum Gasteiger partial charge on any atom is 0.222 e. The van der Waals surface area contributed by atoms with Crippen LogP contribution in [0.5, 0.6) is 0 Å². The molecule has 2 rings (SSSR count). The minimum Gasteiger partial charge on any atom is -0.371 e. The third-order valence-corrected chi connectivity index (χ3v) is 3.58. The second kappa shape index (κ2) is 6.67. The van der Waals surface area contributed by atoms with Crippen molar-refractivity contribution in [1.29, 1.82) is 0 Å². The minimum absolute atomic E-state index is 0.0219. The Morgan fingerprint density at radius 2 is 2.00 bits per heavy atom. The maximum absolute atomic E-state index is 14.0. The van der Waals surface area contributed by atoms with Crippen LogP contribution >= 0.6 is 11.6 Å². The van der Waals surface area contributed by atoms with Crippen LogP contribution in [0.3, 0.4) is 0 Å². The molecule has 0 amide bonds. The van der Waals surface area contributed by atoms with Gasteiger partial charge >= 0.3 is 0 Å². The molecule has 0 aliphatic heterocycles. The summed E-state index contributed by atoms with van der Waals surface area (Å²) in [6, 6.07) is 1.75. The third-order valence-electron chi connectivity index (χ3n) is 3.40. The van der Waals surface area contributed by atoms with E-state index in [0.29, 0.717) is 5.69 Å². The Labute approximate surface area is 129 Å². The summed E-state index contributed by atoms with van der Waals surface area (Å²) in [7, 11) is 0. The first-order chi connectivity index (χ1) is 9.88. The highest BCUT2D eigenvalue weighted by atomic mass is 35.5. The smallest absolute Gasteiger partial charge is 0.222 e. The van der Waals surface area contributed by atoms with Crippen LogP contribution in [0, 0.1) is 11.8 Å². The van der Waals surface area contributed by atoms with E-state index < -0.39 is 0 Å². The second-order valence-electron chi connectivity index (χ2n) is 5.78. The summed E-state index contributed by atoms with van der Waals surface area (Å²) in [6.07, 6.45) is 4.35. The lowest BCUT2D eigenvalue weighted by molar-refractivity contribution is 0.00403. The summed E-state index contributed by atoms with van der Waals surface area (Å²) in [5, 5.41) is 0.159. The van der Waals surface area contributed by atoms with Crippen LogP contribution in [0.1, 0.15) is 33.4 Å². The van der Waals surface area contributed by atoms with Gasteiger partial charge in [-0.1, -0.05) is 13.8 Å². The van der Waals surface area contributed by atoms with Crippen LogP contribution in [0.2, 0.25) is 5.28 Å². The topological polar surface area (TPSA) is 35.0 Å². The molecule has 0 aromatic carbocycles. The molecule has 0 fully saturated rings. The Morgan fingerprint density at radius 1 is 1.29 bits per heavy atom. The van der Waals surface area contributed by atoms with Gasteiger partial charge in [-0.2, -0.15) is 0 Å². The van der Waals surface area contributed by atoms with E-state index in [1.54, 1.807) is 12.3 Å². The molecule has 0 saturated heterocycles. The molecule has 1 aliphatic rings. The molecule has 1 aromatic rings. The van der Waals surface area contributed by atoms with Crippen LogP contribution in [0.25, 0.3) is 5.57 Å². The van der Waals surface area contributed by atoms with Gasteiger partial charge in [0.25, 0.3) is 0 Å². The van der Waals surface area contributed by atoms with Crippen molar-refractivity contribution in [2.75, 3.05) is 0 Å². The maximum atomic E-state index is 14.0. The monoisotopic (exact) mass is 310 g/mol. The van der Waals surface area contributed by atoms with Crippen molar-refractivity contribution >= 4 is 17.2 Å². The van der Waals surface area contributed by atoms with Gasteiger partial charge in [0.2, 0.25) is 5.28 Å². The summed E-state index contributed by atoms with van der Waals surface area (Å²) < 4.78 is 19.9. The lowest BCUT2D eigenvalue weighted by Crippen LogP contribution is -2.32. The Hall–Kier alpha value is -1.26. The lowest BCUT2D eigenvalue weighted by Gasteiger charge is -2.33. The molecule has 2 unspecified atom stereocenters.